The Morgan fingerprint density at radius 3 is 2.37 bits per heavy atom. The molecule has 0 aromatic heterocycles. The summed E-state index contributed by atoms with van der Waals surface area (Å²) in [5.74, 6) is -0.427. The number of hydrogen-bond acceptors (Lipinski definition) is 5. The van der Waals surface area contributed by atoms with Gasteiger partial charge in [-0.15, -0.1) is 0 Å². The Bertz CT molecular complexity index is 893. The normalized spacial score (nSPS) is 10.9. The highest BCUT2D eigenvalue weighted by Gasteiger charge is 2.13. The number of benzene rings is 2. The van der Waals surface area contributed by atoms with E-state index < -0.39 is 11.9 Å². The predicted octanol–water partition coefficient (Wildman–Crippen LogP) is 3.81. The number of amides is 1. The quantitative estimate of drug-likeness (QED) is 0.478. The first-order valence-corrected chi connectivity index (χ1v) is 8.31. The van der Waals surface area contributed by atoms with Gasteiger partial charge in [-0.05, 0) is 50.3 Å². The first kappa shape index (κ1) is 19.7. The van der Waals surface area contributed by atoms with Crippen molar-refractivity contribution in [2.75, 3.05) is 12.4 Å². The molecule has 0 heterocycles. The third-order valence-electron chi connectivity index (χ3n) is 3.53. The molecule has 1 N–H and O–H groups in total. The first-order chi connectivity index (χ1) is 12.9. The lowest BCUT2D eigenvalue weighted by Gasteiger charge is -2.09. The van der Waals surface area contributed by atoms with Crippen molar-refractivity contribution in [3.8, 4) is 11.8 Å². The zero-order valence-electron chi connectivity index (χ0n) is 15.4. The second-order valence-electron chi connectivity index (χ2n) is 5.90. The lowest BCUT2D eigenvalue weighted by atomic mass is 10.1. The van der Waals surface area contributed by atoms with Crippen LogP contribution in [0.25, 0.3) is 6.08 Å². The molecule has 0 radical (unpaired) electrons. The van der Waals surface area contributed by atoms with E-state index in [2.05, 4.69) is 5.32 Å². The van der Waals surface area contributed by atoms with E-state index >= 15 is 0 Å². The SMILES string of the molecule is COc1ccccc1/C=C(\C#N)C(=O)Nc1ccc(C(=O)OC(C)C)cc1. The van der Waals surface area contributed by atoms with Gasteiger partial charge in [-0.25, -0.2) is 4.79 Å². The highest BCUT2D eigenvalue weighted by atomic mass is 16.5. The average Bonchev–Trinajstić information content (AvgIpc) is 2.66. The Hall–Kier alpha value is -3.59. The molecule has 0 aliphatic rings. The summed E-state index contributed by atoms with van der Waals surface area (Å²) in [4.78, 5) is 24.2. The molecule has 27 heavy (non-hydrogen) atoms. The van der Waals surface area contributed by atoms with Crippen LogP contribution in [0.5, 0.6) is 5.75 Å². The van der Waals surface area contributed by atoms with E-state index in [-0.39, 0.29) is 11.7 Å². The molecule has 0 aliphatic heterocycles. The summed E-state index contributed by atoms with van der Waals surface area (Å²) in [6.07, 6.45) is 1.25. The number of nitrogens with zero attached hydrogens (tertiary/aromatic N) is 1. The Balaban J connectivity index is 2.14. The first-order valence-electron chi connectivity index (χ1n) is 8.31. The van der Waals surface area contributed by atoms with Crippen molar-refractivity contribution in [2.24, 2.45) is 0 Å². The van der Waals surface area contributed by atoms with Crippen LogP contribution in [0.4, 0.5) is 5.69 Å². The Morgan fingerprint density at radius 2 is 1.78 bits per heavy atom. The molecule has 0 fully saturated rings. The summed E-state index contributed by atoms with van der Waals surface area (Å²) in [6.45, 7) is 3.54. The van der Waals surface area contributed by atoms with Crippen molar-refractivity contribution < 1.29 is 19.1 Å². The number of anilines is 1. The van der Waals surface area contributed by atoms with Crippen LogP contribution in [0.3, 0.4) is 0 Å². The molecule has 0 unspecified atom stereocenters. The minimum absolute atomic E-state index is 0.0669. The number of nitrogens with one attached hydrogen (secondary N) is 1. The second-order valence-corrected chi connectivity index (χ2v) is 5.90. The molecule has 0 saturated carbocycles. The third-order valence-corrected chi connectivity index (χ3v) is 3.53. The van der Waals surface area contributed by atoms with Gasteiger partial charge in [0.15, 0.2) is 0 Å². The fraction of sp³-hybridized carbons (Fsp3) is 0.190. The predicted molar refractivity (Wildman–Crippen MR) is 102 cm³/mol. The molecule has 0 aliphatic carbocycles. The summed E-state index contributed by atoms with van der Waals surface area (Å²) in [5.41, 5.74) is 1.40. The van der Waals surface area contributed by atoms with Crippen LogP contribution < -0.4 is 10.1 Å². The molecular formula is C21H20N2O4. The number of methoxy groups -OCH3 is 1. The Kier molecular flexibility index (Phi) is 6.73. The maximum absolute atomic E-state index is 12.4. The van der Waals surface area contributed by atoms with Crippen LogP contribution in [0.15, 0.2) is 54.1 Å². The highest BCUT2D eigenvalue weighted by molar-refractivity contribution is 6.10. The minimum Gasteiger partial charge on any atom is -0.496 e. The molecule has 0 spiro atoms. The van der Waals surface area contributed by atoms with Crippen molar-refractivity contribution in [2.45, 2.75) is 20.0 Å². The topological polar surface area (TPSA) is 88.4 Å². The lowest BCUT2D eigenvalue weighted by Crippen LogP contribution is -2.14. The Morgan fingerprint density at radius 1 is 1.11 bits per heavy atom. The number of rotatable bonds is 6. The van der Waals surface area contributed by atoms with Crippen molar-refractivity contribution in [3.05, 3.63) is 65.2 Å². The molecule has 2 rings (SSSR count). The van der Waals surface area contributed by atoms with Gasteiger partial charge >= 0.3 is 5.97 Å². The van der Waals surface area contributed by atoms with E-state index in [4.69, 9.17) is 9.47 Å². The summed E-state index contributed by atoms with van der Waals surface area (Å²) in [7, 11) is 1.52. The van der Waals surface area contributed by atoms with Gasteiger partial charge in [0, 0.05) is 11.3 Å². The van der Waals surface area contributed by atoms with Gasteiger partial charge < -0.3 is 14.8 Å². The van der Waals surface area contributed by atoms with Crippen molar-refractivity contribution in [1.82, 2.24) is 0 Å². The fourth-order valence-electron chi connectivity index (χ4n) is 2.26. The van der Waals surface area contributed by atoms with Crippen LogP contribution in [0.1, 0.15) is 29.8 Å². The molecule has 138 valence electrons. The third kappa shape index (κ3) is 5.44. The highest BCUT2D eigenvalue weighted by Crippen LogP contribution is 2.21. The molecule has 2 aromatic carbocycles. The number of para-hydroxylation sites is 1. The van der Waals surface area contributed by atoms with Crippen molar-refractivity contribution in [3.63, 3.8) is 0 Å². The standard InChI is InChI=1S/C21H20N2O4/c1-14(2)27-21(25)15-8-10-18(11-9-15)23-20(24)17(13-22)12-16-6-4-5-7-19(16)26-3/h4-12,14H,1-3H3,(H,23,24)/b17-12+. The van der Waals surface area contributed by atoms with Gasteiger partial charge in [0.05, 0.1) is 18.8 Å². The number of hydrogen-bond donors (Lipinski definition) is 1. The van der Waals surface area contributed by atoms with Gasteiger partial charge in [0.25, 0.3) is 5.91 Å². The number of carbonyl (C=O) groups is 2. The summed E-state index contributed by atoms with van der Waals surface area (Å²) >= 11 is 0. The zero-order chi connectivity index (χ0) is 19.8. The largest absolute Gasteiger partial charge is 0.496 e. The molecule has 0 bridgehead atoms. The fourth-order valence-corrected chi connectivity index (χ4v) is 2.26. The summed E-state index contributed by atoms with van der Waals surface area (Å²) in [6, 6.07) is 15.2. The zero-order valence-corrected chi connectivity index (χ0v) is 15.4. The Labute approximate surface area is 158 Å². The minimum atomic E-state index is -0.555. The molecule has 2 aromatic rings. The summed E-state index contributed by atoms with van der Waals surface area (Å²) < 4.78 is 10.3. The molecular weight excluding hydrogens is 344 g/mol. The van der Waals surface area contributed by atoms with Crippen LogP contribution in [0, 0.1) is 11.3 Å². The van der Waals surface area contributed by atoms with Gasteiger partial charge in [-0.1, -0.05) is 18.2 Å². The van der Waals surface area contributed by atoms with E-state index in [1.54, 1.807) is 62.4 Å². The van der Waals surface area contributed by atoms with Crippen molar-refractivity contribution >= 4 is 23.6 Å². The van der Waals surface area contributed by atoms with Gasteiger partial charge in [0.1, 0.15) is 17.4 Å². The van der Waals surface area contributed by atoms with Crippen LogP contribution in [-0.4, -0.2) is 25.1 Å². The van der Waals surface area contributed by atoms with Crippen molar-refractivity contribution in [1.29, 1.82) is 5.26 Å². The van der Waals surface area contributed by atoms with E-state index in [1.165, 1.54) is 13.2 Å². The van der Waals surface area contributed by atoms with E-state index in [1.807, 2.05) is 6.07 Å². The van der Waals surface area contributed by atoms with Gasteiger partial charge in [-0.2, -0.15) is 5.26 Å². The van der Waals surface area contributed by atoms with Gasteiger partial charge in [-0.3, -0.25) is 4.79 Å². The van der Waals surface area contributed by atoms with Crippen LogP contribution in [-0.2, 0) is 9.53 Å². The van der Waals surface area contributed by atoms with Crippen LogP contribution in [0.2, 0.25) is 0 Å². The average molecular weight is 364 g/mol. The number of nitriles is 1. The monoisotopic (exact) mass is 364 g/mol. The van der Waals surface area contributed by atoms with E-state index in [0.29, 0.717) is 22.6 Å². The van der Waals surface area contributed by atoms with E-state index in [9.17, 15) is 14.9 Å². The molecule has 6 nitrogen and oxygen atoms in total. The lowest BCUT2D eigenvalue weighted by molar-refractivity contribution is -0.112. The summed E-state index contributed by atoms with van der Waals surface area (Å²) in [5, 5.41) is 12.0. The van der Waals surface area contributed by atoms with E-state index in [0.717, 1.165) is 0 Å². The number of carbonyl (C=O) groups excluding carboxylic acids is 2. The smallest absolute Gasteiger partial charge is 0.338 e. The maximum atomic E-state index is 12.4. The molecule has 0 atom stereocenters. The van der Waals surface area contributed by atoms with Crippen LogP contribution >= 0.6 is 0 Å². The molecule has 0 saturated heterocycles. The second kappa shape index (κ2) is 9.20. The molecule has 1 amide bonds. The molecule has 6 heteroatoms. The maximum Gasteiger partial charge on any atom is 0.338 e. The van der Waals surface area contributed by atoms with Gasteiger partial charge in [0.2, 0.25) is 0 Å². The number of esters is 1. The number of ether oxygens (including phenoxy) is 2.